The van der Waals surface area contributed by atoms with Crippen molar-refractivity contribution in [2.45, 2.75) is 0 Å². The van der Waals surface area contributed by atoms with E-state index in [1.54, 1.807) is 43.5 Å². The van der Waals surface area contributed by atoms with E-state index in [2.05, 4.69) is 4.99 Å². The molecule has 3 nitrogen and oxygen atoms in total. The molecule has 0 saturated carbocycles. The Balaban J connectivity index is 2.34. The fourth-order valence-electron chi connectivity index (χ4n) is 1.49. The third-order valence-electron chi connectivity index (χ3n) is 2.49. The number of hydrogen-bond donors (Lipinski definition) is 1. The Morgan fingerprint density at radius 2 is 1.95 bits per heavy atom. The van der Waals surface area contributed by atoms with Gasteiger partial charge in [-0.1, -0.05) is 23.2 Å². The van der Waals surface area contributed by atoms with Gasteiger partial charge in [0.25, 0.3) is 0 Å². The number of methoxy groups -OCH3 is 1. The van der Waals surface area contributed by atoms with E-state index in [1.807, 2.05) is 0 Å². The van der Waals surface area contributed by atoms with Gasteiger partial charge < -0.3 is 9.84 Å². The number of ether oxygens (including phenoxy) is 1. The zero-order valence-electron chi connectivity index (χ0n) is 10.1. The first kappa shape index (κ1) is 13.7. The van der Waals surface area contributed by atoms with Crippen molar-refractivity contribution in [3.8, 4) is 11.5 Å². The third-order valence-corrected chi connectivity index (χ3v) is 3.04. The van der Waals surface area contributed by atoms with Crippen LogP contribution in [0, 0.1) is 0 Å². The Morgan fingerprint density at radius 1 is 1.16 bits per heavy atom. The molecule has 0 amide bonds. The number of aromatic hydroxyl groups is 1. The fourth-order valence-corrected chi connectivity index (χ4v) is 1.82. The molecule has 0 aliphatic heterocycles. The first-order chi connectivity index (χ1) is 9.10. The summed E-state index contributed by atoms with van der Waals surface area (Å²) in [6, 6.07) is 9.89. The number of phenols is 1. The Labute approximate surface area is 121 Å². The minimum atomic E-state index is 0.114. The summed E-state index contributed by atoms with van der Waals surface area (Å²) in [6.07, 6.45) is 1.51. The lowest BCUT2D eigenvalue weighted by atomic mass is 10.2. The van der Waals surface area contributed by atoms with E-state index in [0.717, 1.165) is 0 Å². The highest BCUT2D eigenvalue weighted by Crippen LogP contribution is 2.29. The van der Waals surface area contributed by atoms with Crippen molar-refractivity contribution in [3.63, 3.8) is 0 Å². The maximum absolute atomic E-state index is 9.73. The van der Waals surface area contributed by atoms with Crippen LogP contribution in [0.1, 0.15) is 5.56 Å². The molecule has 2 aromatic rings. The molecule has 0 aliphatic carbocycles. The lowest BCUT2D eigenvalue weighted by Crippen LogP contribution is -1.87. The SMILES string of the molecule is COc1ccc(O)c(C=Nc2cc(Cl)ccc2Cl)c1. The molecule has 1 N–H and O–H groups in total. The molecule has 0 radical (unpaired) electrons. The van der Waals surface area contributed by atoms with Crippen LogP contribution in [-0.4, -0.2) is 18.4 Å². The molecular formula is C14H11Cl2NO2. The van der Waals surface area contributed by atoms with Crippen molar-refractivity contribution in [3.05, 3.63) is 52.0 Å². The van der Waals surface area contributed by atoms with Crippen molar-refractivity contribution >= 4 is 35.1 Å². The maximum Gasteiger partial charge on any atom is 0.124 e. The van der Waals surface area contributed by atoms with Gasteiger partial charge in [-0.2, -0.15) is 0 Å². The number of halogens is 2. The zero-order chi connectivity index (χ0) is 13.8. The summed E-state index contributed by atoms with van der Waals surface area (Å²) in [6.45, 7) is 0. The Kier molecular flexibility index (Phi) is 4.30. The molecule has 0 unspecified atom stereocenters. The standard InChI is InChI=1S/C14H11Cl2NO2/c1-19-11-3-5-14(18)9(6-11)8-17-13-7-10(15)2-4-12(13)16/h2-8,18H,1H3. The molecule has 5 heteroatoms. The second kappa shape index (κ2) is 5.95. The summed E-state index contributed by atoms with van der Waals surface area (Å²) < 4.78 is 5.08. The van der Waals surface area contributed by atoms with Crippen LogP contribution in [0.4, 0.5) is 5.69 Å². The predicted molar refractivity (Wildman–Crippen MR) is 78.4 cm³/mol. The van der Waals surface area contributed by atoms with Crippen LogP contribution in [0.25, 0.3) is 0 Å². The van der Waals surface area contributed by atoms with Crippen LogP contribution in [0.15, 0.2) is 41.4 Å². The Hall–Kier alpha value is -1.71. The molecule has 0 aromatic heterocycles. The minimum absolute atomic E-state index is 0.114. The van der Waals surface area contributed by atoms with Crippen molar-refractivity contribution in [2.24, 2.45) is 4.99 Å². The molecule has 2 aromatic carbocycles. The monoisotopic (exact) mass is 295 g/mol. The van der Waals surface area contributed by atoms with Crippen LogP contribution in [0.5, 0.6) is 11.5 Å². The molecule has 19 heavy (non-hydrogen) atoms. The summed E-state index contributed by atoms with van der Waals surface area (Å²) in [5.41, 5.74) is 1.08. The van der Waals surface area contributed by atoms with Gasteiger partial charge in [0.1, 0.15) is 11.5 Å². The van der Waals surface area contributed by atoms with Gasteiger partial charge in [-0.05, 0) is 36.4 Å². The van der Waals surface area contributed by atoms with E-state index < -0.39 is 0 Å². The number of rotatable bonds is 3. The molecule has 0 aliphatic rings. The number of nitrogens with zero attached hydrogens (tertiary/aromatic N) is 1. The molecule has 0 atom stereocenters. The van der Waals surface area contributed by atoms with Crippen LogP contribution in [-0.2, 0) is 0 Å². The van der Waals surface area contributed by atoms with Gasteiger partial charge in [0.05, 0.1) is 17.8 Å². The molecule has 0 bridgehead atoms. The lowest BCUT2D eigenvalue weighted by Gasteiger charge is -2.03. The van der Waals surface area contributed by atoms with Gasteiger partial charge >= 0.3 is 0 Å². The number of aliphatic imine (C=N–C) groups is 1. The van der Waals surface area contributed by atoms with Crippen molar-refractivity contribution in [2.75, 3.05) is 7.11 Å². The summed E-state index contributed by atoms with van der Waals surface area (Å²) in [5.74, 6) is 0.749. The quantitative estimate of drug-likeness (QED) is 0.850. The number of benzene rings is 2. The van der Waals surface area contributed by atoms with Crippen LogP contribution in [0.2, 0.25) is 10.0 Å². The van der Waals surface area contributed by atoms with E-state index >= 15 is 0 Å². The summed E-state index contributed by atoms with van der Waals surface area (Å²) in [4.78, 5) is 4.22. The highest BCUT2D eigenvalue weighted by atomic mass is 35.5. The molecule has 98 valence electrons. The van der Waals surface area contributed by atoms with E-state index in [-0.39, 0.29) is 5.75 Å². The van der Waals surface area contributed by atoms with E-state index in [9.17, 15) is 5.11 Å². The lowest BCUT2D eigenvalue weighted by molar-refractivity contribution is 0.412. The molecular weight excluding hydrogens is 285 g/mol. The molecule has 0 spiro atoms. The average Bonchev–Trinajstić information content (AvgIpc) is 2.41. The normalized spacial score (nSPS) is 10.9. The Bertz CT molecular complexity index is 627. The van der Waals surface area contributed by atoms with E-state index in [0.29, 0.717) is 27.0 Å². The van der Waals surface area contributed by atoms with Gasteiger partial charge in [-0.25, -0.2) is 0 Å². The summed E-state index contributed by atoms with van der Waals surface area (Å²) in [5, 5.41) is 10.8. The minimum Gasteiger partial charge on any atom is -0.507 e. The first-order valence-corrected chi connectivity index (χ1v) is 6.22. The van der Waals surface area contributed by atoms with Gasteiger partial charge in [0, 0.05) is 16.8 Å². The van der Waals surface area contributed by atoms with Gasteiger partial charge in [0.15, 0.2) is 0 Å². The number of phenolic OH excluding ortho intramolecular Hbond substituents is 1. The number of hydrogen-bond acceptors (Lipinski definition) is 3. The average molecular weight is 296 g/mol. The molecule has 2 rings (SSSR count). The van der Waals surface area contributed by atoms with Crippen molar-refractivity contribution in [1.82, 2.24) is 0 Å². The smallest absolute Gasteiger partial charge is 0.124 e. The van der Waals surface area contributed by atoms with E-state index in [1.165, 1.54) is 6.21 Å². The second-order valence-corrected chi connectivity index (χ2v) is 4.62. The fraction of sp³-hybridized carbons (Fsp3) is 0.0714. The topological polar surface area (TPSA) is 41.8 Å². The summed E-state index contributed by atoms with van der Waals surface area (Å²) >= 11 is 11.9. The highest BCUT2D eigenvalue weighted by Gasteiger charge is 2.02. The van der Waals surface area contributed by atoms with Crippen LogP contribution >= 0.6 is 23.2 Å². The van der Waals surface area contributed by atoms with Gasteiger partial charge in [-0.15, -0.1) is 0 Å². The zero-order valence-corrected chi connectivity index (χ0v) is 11.6. The van der Waals surface area contributed by atoms with Gasteiger partial charge in [0.2, 0.25) is 0 Å². The van der Waals surface area contributed by atoms with Crippen molar-refractivity contribution in [1.29, 1.82) is 0 Å². The molecule has 0 saturated heterocycles. The first-order valence-electron chi connectivity index (χ1n) is 5.46. The van der Waals surface area contributed by atoms with E-state index in [4.69, 9.17) is 27.9 Å². The van der Waals surface area contributed by atoms with Crippen molar-refractivity contribution < 1.29 is 9.84 Å². The van der Waals surface area contributed by atoms with Crippen LogP contribution in [0.3, 0.4) is 0 Å². The maximum atomic E-state index is 9.73. The predicted octanol–water partition coefficient (Wildman–Crippen LogP) is 4.46. The van der Waals surface area contributed by atoms with Gasteiger partial charge in [-0.3, -0.25) is 4.99 Å². The third kappa shape index (κ3) is 3.40. The molecule has 0 heterocycles. The van der Waals surface area contributed by atoms with Crippen LogP contribution < -0.4 is 4.74 Å². The Morgan fingerprint density at radius 3 is 2.68 bits per heavy atom. The summed E-state index contributed by atoms with van der Waals surface area (Å²) in [7, 11) is 1.56. The molecule has 0 fully saturated rings. The largest absolute Gasteiger partial charge is 0.507 e. The highest BCUT2D eigenvalue weighted by molar-refractivity contribution is 6.35. The second-order valence-electron chi connectivity index (χ2n) is 3.78.